The number of nitrogens with one attached hydrogen (secondary N) is 2. The average Bonchev–Trinajstić information content (AvgIpc) is 3.41. The quantitative estimate of drug-likeness (QED) is 0.232. The van der Waals surface area contributed by atoms with Gasteiger partial charge in [0.05, 0.1) is 18.2 Å². The SMILES string of the molecule is CCNC(=O)Nc1cc(-c2nc(C(F)(F)F)cs2)c(-c2ccc3c(c2)c(=O)c(C(=O)O)cn3C(CC)CO)cn1. The fourth-order valence-electron chi connectivity index (χ4n) is 4.17. The second kappa shape index (κ2) is 11.4. The van der Waals surface area contributed by atoms with Crippen LogP contribution in [0.15, 0.2) is 46.8 Å². The monoisotopic (exact) mass is 575 g/mol. The maximum absolute atomic E-state index is 13.3. The van der Waals surface area contributed by atoms with Crippen molar-refractivity contribution in [3.05, 3.63) is 63.5 Å². The Morgan fingerprint density at radius 3 is 2.52 bits per heavy atom. The fraction of sp³-hybridized carbons (Fsp3) is 0.269. The van der Waals surface area contributed by atoms with Gasteiger partial charge in [-0.05, 0) is 37.1 Å². The summed E-state index contributed by atoms with van der Waals surface area (Å²) in [7, 11) is 0. The number of thiazole rings is 1. The number of benzene rings is 1. The van der Waals surface area contributed by atoms with E-state index in [1.807, 2.05) is 0 Å². The maximum Gasteiger partial charge on any atom is 0.434 e. The van der Waals surface area contributed by atoms with E-state index in [1.54, 1.807) is 26.0 Å². The molecule has 14 heteroatoms. The second-order valence-electron chi connectivity index (χ2n) is 8.70. The van der Waals surface area contributed by atoms with Crippen LogP contribution in [0.1, 0.15) is 42.4 Å². The Bertz CT molecular complexity index is 1650. The molecule has 210 valence electrons. The van der Waals surface area contributed by atoms with Crippen LogP contribution in [0.25, 0.3) is 32.6 Å². The topological polar surface area (TPSA) is 146 Å². The van der Waals surface area contributed by atoms with Gasteiger partial charge in [-0.3, -0.25) is 10.1 Å². The van der Waals surface area contributed by atoms with Crippen molar-refractivity contribution in [2.45, 2.75) is 32.5 Å². The molecule has 0 spiro atoms. The number of nitrogens with zero attached hydrogens (tertiary/aromatic N) is 3. The highest BCUT2D eigenvalue weighted by Gasteiger charge is 2.34. The number of rotatable bonds is 8. The normalized spacial score (nSPS) is 12.3. The molecular formula is C26H24F3N5O5S. The minimum atomic E-state index is -4.67. The number of hydrogen-bond acceptors (Lipinski definition) is 7. The highest BCUT2D eigenvalue weighted by molar-refractivity contribution is 7.13. The standard InChI is InChI=1S/C26H24F3N5O5S/c1-3-14(11-35)34-10-18(24(37)38)22(36)16-7-13(5-6-19(16)34)17-9-31-21(33-25(39)30-4-2)8-15(17)23-32-20(12-40-23)26(27,28)29/h5-10,12,14,35H,3-4,11H2,1-2H3,(H,37,38)(H2,30,31,33,39). The number of aliphatic hydroxyl groups excluding tert-OH is 1. The van der Waals surface area contributed by atoms with Crippen LogP contribution in [-0.4, -0.2) is 49.9 Å². The van der Waals surface area contributed by atoms with Gasteiger partial charge in [-0.25, -0.2) is 19.6 Å². The number of carboxylic acids is 1. The molecule has 0 aliphatic rings. The zero-order chi connectivity index (χ0) is 29.2. The summed E-state index contributed by atoms with van der Waals surface area (Å²) in [5, 5.41) is 25.4. The van der Waals surface area contributed by atoms with Gasteiger partial charge in [-0.1, -0.05) is 13.0 Å². The number of carboxylic acid groups (broad SMARTS) is 1. The number of alkyl halides is 3. The first-order valence-electron chi connectivity index (χ1n) is 12.1. The summed E-state index contributed by atoms with van der Waals surface area (Å²) in [6.45, 7) is 3.55. The molecule has 0 aliphatic heterocycles. The molecule has 0 bridgehead atoms. The van der Waals surface area contributed by atoms with E-state index in [1.165, 1.54) is 29.1 Å². The number of carbonyl (C=O) groups is 2. The van der Waals surface area contributed by atoms with E-state index in [2.05, 4.69) is 20.6 Å². The van der Waals surface area contributed by atoms with Crippen molar-refractivity contribution in [2.75, 3.05) is 18.5 Å². The van der Waals surface area contributed by atoms with E-state index in [4.69, 9.17) is 0 Å². The second-order valence-corrected chi connectivity index (χ2v) is 9.55. The molecule has 3 aromatic heterocycles. The Morgan fingerprint density at radius 1 is 1.18 bits per heavy atom. The van der Waals surface area contributed by atoms with Crippen molar-refractivity contribution in [3.8, 4) is 21.7 Å². The molecule has 1 atom stereocenters. The van der Waals surface area contributed by atoms with Gasteiger partial charge < -0.3 is 20.1 Å². The molecule has 0 fully saturated rings. The molecule has 2 amide bonds. The molecule has 0 saturated heterocycles. The van der Waals surface area contributed by atoms with Crippen molar-refractivity contribution >= 4 is 40.1 Å². The number of aromatic carboxylic acids is 1. The number of amides is 2. The third kappa shape index (κ3) is 5.67. The fourth-order valence-corrected chi connectivity index (χ4v) is 5.03. The zero-order valence-electron chi connectivity index (χ0n) is 21.2. The van der Waals surface area contributed by atoms with E-state index in [0.29, 0.717) is 29.6 Å². The van der Waals surface area contributed by atoms with E-state index in [0.717, 1.165) is 16.7 Å². The number of anilines is 1. The maximum atomic E-state index is 13.3. The Morgan fingerprint density at radius 2 is 1.93 bits per heavy atom. The lowest BCUT2D eigenvalue weighted by Gasteiger charge is -2.20. The zero-order valence-corrected chi connectivity index (χ0v) is 22.1. The Hall–Kier alpha value is -4.30. The Labute approximate surface area is 229 Å². The summed E-state index contributed by atoms with van der Waals surface area (Å²) < 4.78 is 41.5. The van der Waals surface area contributed by atoms with Gasteiger partial charge in [-0.2, -0.15) is 13.2 Å². The first-order chi connectivity index (χ1) is 19.0. The first kappa shape index (κ1) is 28.7. The summed E-state index contributed by atoms with van der Waals surface area (Å²) in [5.74, 6) is -1.39. The third-order valence-electron chi connectivity index (χ3n) is 6.16. The number of hydrogen-bond donors (Lipinski definition) is 4. The lowest BCUT2D eigenvalue weighted by molar-refractivity contribution is -0.140. The number of halogens is 3. The minimum Gasteiger partial charge on any atom is -0.477 e. The van der Waals surface area contributed by atoms with E-state index in [-0.39, 0.29) is 28.4 Å². The van der Waals surface area contributed by atoms with Crippen LogP contribution in [-0.2, 0) is 6.18 Å². The van der Waals surface area contributed by atoms with Crippen LogP contribution >= 0.6 is 11.3 Å². The van der Waals surface area contributed by atoms with E-state index in [9.17, 15) is 37.8 Å². The number of fused-ring (bicyclic) bond motifs is 1. The highest BCUT2D eigenvalue weighted by Crippen LogP contribution is 2.39. The van der Waals surface area contributed by atoms with Gasteiger partial charge in [0.2, 0.25) is 5.43 Å². The summed E-state index contributed by atoms with van der Waals surface area (Å²) in [6, 6.07) is 4.92. The summed E-state index contributed by atoms with van der Waals surface area (Å²) in [4.78, 5) is 45.0. The lowest BCUT2D eigenvalue weighted by Crippen LogP contribution is -2.28. The van der Waals surface area contributed by atoms with Gasteiger partial charge in [0.25, 0.3) is 0 Å². The minimum absolute atomic E-state index is 0.00760. The number of carbonyl (C=O) groups excluding carboxylic acids is 1. The van der Waals surface area contributed by atoms with Crippen LogP contribution < -0.4 is 16.1 Å². The number of aliphatic hydroxyl groups is 1. The molecule has 40 heavy (non-hydrogen) atoms. The van der Waals surface area contributed by atoms with Crippen LogP contribution in [0.3, 0.4) is 0 Å². The molecule has 10 nitrogen and oxygen atoms in total. The molecule has 4 N–H and O–H groups in total. The third-order valence-corrected chi connectivity index (χ3v) is 7.03. The van der Waals surface area contributed by atoms with Crippen molar-refractivity contribution in [1.29, 1.82) is 0 Å². The Kier molecular flexibility index (Phi) is 8.21. The van der Waals surface area contributed by atoms with Crippen molar-refractivity contribution in [3.63, 3.8) is 0 Å². The molecule has 0 aliphatic carbocycles. The molecule has 4 rings (SSSR count). The van der Waals surface area contributed by atoms with E-state index >= 15 is 0 Å². The van der Waals surface area contributed by atoms with Gasteiger partial charge in [-0.15, -0.1) is 11.3 Å². The van der Waals surface area contributed by atoms with Crippen LogP contribution in [0.2, 0.25) is 0 Å². The molecular weight excluding hydrogens is 551 g/mol. The highest BCUT2D eigenvalue weighted by atomic mass is 32.1. The van der Waals surface area contributed by atoms with Crippen molar-refractivity contribution in [2.24, 2.45) is 0 Å². The van der Waals surface area contributed by atoms with Crippen LogP contribution in [0.4, 0.5) is 23.8 Å². The smallest absolute Gasteiger partial charge is 0.434 e. The summed E-state index contributed by atoms with van der Waals surface area (Å²) in [6.07, 6.45) is -1.70. The molecule has 3 heterocycles. The predicted octanol–water partition coefficient (Wildman–Crippen LogP) is 4.99. The predicted molar refractivity (Wildman–Crippen MR) is 144 cm³/mol. The molecule has 1 aromatic carbocycles. The number of urea groups is 1. The van der Waals surface area contributed by atoms with Gasteiger partial charge in [0.15, 0.2) is 5.69 Å². The van der Waals surface area contributed by atoms with E-state index < -0.39 is 40.9 Å². The molecule has 1 unspecified atom stereocenters. The van der Waals surface area contributed by atoms with Crippen molar-refractivity contribution < 1.29 is 33.0 Å². The summed E-state index contributed by atoms with van der Waals surface area (Å²) in [5.41, 5.74) is -1.11. The largest absolute Gasteiger partial charge is 0.477 e. The van der Waals surface area contributed by atoms with Gasteiger partial charge in [0.1, 0.15) is 16.4 Å². The van der Waals surface area contributed by atoms with Gasteiger partial charge >= 0.3 is 18.2 Å². The molecule has 4 aromatic rings. The molecule has 0 radical (unpaired) electrons. The lowest BCUT2D eigenvalue weighted by atomic mass is 9.99. The number of pyridine rings is 2. The summed E-state index contributed by atoms with van der Waals surface area (Å²) >= 11 is 0.743. The van der Waals surface area contributed by atoms with Crippen LogP contribution in [0, 0.1) is 0 Å². The van der Waals surface area contributed by atoms with Gasteiger partial charge in [0, 0.05) is 40.8 Å². The average molecular weight is 576 g/mol. The molecule has 0 saturated carbocycles. The number of aromatic nitrogens is 3. The van der Waals surface area contributed by atoms with Crippen molar-refractivity contribution in [1.82, 2.24) is 19.9 Å². The first-order valence-corrected chi connectivity index (χ1v) is 13.0. The van der Waals surface area contributed by atoms with Crippen LogP contribution in [0.5, 0.6) is 0 Å². The Balaban J connectivity index is 1.95.